The largest absolute Gasteiger partial charge is 0.760 e. The highest BCUT2D eigenvalue weighted by atomic mass is 35.5. The van der Waals surface area contributed by atoms with Crippen LogP contribution in [0.1, 0.15) is 59.1 Å². The second-order valence-corrected chi connectivity index (χ2v) is 11.3. The second-order valence-electron chi connectivity index (χ2n) is 9.76. The fraction of sp³-hybridized carbons (Fsp3) is 0.333. The Bertz CT molecular complexity index is 1350. The number of carbonyl (C=O) groups is 2. The lowest BCUT2D eigenvalue weighted by molar-refractivity contribution is -0.124. The van der Waals surface area contributed by atoms with Crippen LogP contribution in [0.3, 0.4) is 0 Å². The minimum atomic E-state index is -2.52. The van der Waals surface area contributed by atoms with Crippen molar-refractivity contribution in [3.63, 3.8) is 0 Å². The van der Waals surface area contributed by atoms with E-state index >= 15 is 0 Å². The van der Waals surface area contributed by atoms with Crippen LogP contribution in [0.2, 0.25) is 10.0 Å². The molecule has 0 bridgehead atoms. The van der Waals surface area contributed by atoms with Crippen molar-refractivity contribution >= 4 is 46.3 Å². The van der Waals surface area contributed by atoms with E-state index in [9.17, 15) is 18.4 Å². The van der Waals surface area contributed by atoms with Gasteiger partial charge >= 0.3 is 0 Å². The average molecular weight is 590 g/mol. The van der Waals surface area contributed by atoms with Gasteiger partial charge in [0.05, 0.1) is 12.0 Å². The van der Waals surface area contributed by atoms with Gasteiger partial charge in [0.1, 0.15) is 0 Å². The SMILES string of the molecule is O=C(NCC1=CNNC=C1)[C@@H]1c2ccccc2C(=O)N([C@H]2CCCC[C@@H]2NS(=O)[O-])[C@H]1c1ccc(Cl)cc1Cl. The van der Waals surface area contributed by atoms with Gasteiger partial charge < -0.3 is 25.6 Å². The minimum absolute atomic E-state index is 0.264. The number of hydrogen-bond donors (Lipinski definition) is 4. The van der Waals surface area contributed by atoms with Crippen molar-refractivity contribution in [2.45, 2.75) is 49.7 Å². The Labute approximate surface area is 239 Å². The summed E-state index contributed by atoms with van der Waals surface area (Å²) in [5.74, 6) is -1.36. The lowest BCUT2D eigenvalue weighted by atomic mass is 9.76. The summed E-state index contributed by atoms with van der Waals surface area (Å²) in [7, 11) is 0. The van der Waals surface area contributed by atoms with Crippen LogP contribution in [0.15, 0.2) is 66.5 Å². The standard InChI is InChI=1S/C27H29Cl2N5O4S/c28-17-9-10-20(21(29)13-17)25-24(26(35)30-14-16-11-12-31-32-15-16)18-5-1-2-6-19(18)27(36)34(25)23-8-4-3-7-22(23)33-39(37)38/h1-2,5-6,9-13,15,22-25,31-33H,3-4,7-8,14H2,(H,30,35)(H,37,38)/p-1/t22-,23-,24+,25-/m0/s1. The van der Waals surface area contributed by atoms with Crippen molar-refractivity contribution in [2.24, 2.45) is 0 Å². The number of benzene rings is 2. The summed E-state index contributed by atoms with van der Waals surface area (Å²) >= 11 is 10.4. The first-order valence-corrected chi connectivity index (χ1v) is 14.5. The molecule has 2 aliphatic heterocycles. The Hall–Kier alpha value is -2.89. The van der Waals surface area contributed by atoms with Gasteiger partial charge in [-0.25, -0.2) is 4.72 Å². The summed E-state index contributed by atoms with van der Waals surface area (Å²) in [5, 5.41) is 3.78. The van der Waals surface area contributed by atoms with Gasteiger partial charge in [0, 0.05) is 57.9 Å². The van der Waals surface area contributed by atoms with Crippen LogP contribution in [-0.2, 0) is 16.1 Å². The Morgan fingerprint density at radius 2 is 1.90 bits per heavy atom. The van der Waals surface area contributed by atoms with E-state index in [2.05, 4.69) is 20.9 Å². The lowest BCUT2D eigenvalue weighted by Gasteiger charge is -2.49. The molecule has 0 radical (unpaired) electrons. The molecule has 1 saturated carbocycles. The predicted molar refractivity (Wildman–Crippen MR) is 149 cm³/mol. The molecule has 0 aromatic heterocycles. The van der Waals surface area contributed by atoms with Crippen LogP contribution >= 0.6 is 23.2 Å². The third-order valence-electron chi connectivity index (χ3n) is 7.46. The maximum absolute atomic E-state index is 14.2. The predicted octanol–water partition coefficient (Wildman–Crippen LogP) is 3.59. The molecule has 1 aliphatic carbocycles. The van der Waals surface area contributed by atoms with Crippen LogP contribution in [0, 0.1) is 0 Å². The number of rotatable bonds is 7. The van der Waals surface area contributed by atoms with Crippen molar-refractivity contribution in [3.05, 3.63) is 93.2 Å². The molecule has 0 saturated heterocycles. The fourth-order valence-electron chi connectivity index (χ4n) is 5.77. The fourth-order valence-corrected chi connectivity index (χ4v) is 6.81. The first-order valence-electron chi connectivity index (χ1n) is 12.7. The molecule has 5 rings (SSSR count). The van der Waals surface area contributed by atoms with Crippen LogP contribution in [0.5, 0.6) is 0 Å². The maximum Gasteiger partial charge on any atom is 0.255 e. The van der Waals surface area contributed by atoms with Crippen molar-refractivity contribution in [1.29, 1.82) is 0 Å². The van der Waals surface area contributed by atoms with Crippen LogP contribution in [0.4, 0.5) is 0 Å². The van der Waals surface area contributed by atoms with Gasteiger partial charge in [0.2, 0.25) is 5.91 Å². The van der Waals surface area contributed by atoms with Gasteiger partial charge in [-0.3, -0.25) is 13.8 Å². The van der Waals surface area contributed by atoms with Crippen molar-refractivity contribution < 1.29 is 18.4 Å². The summed E-state index contributed by atoms with van der Waals surface area (Å²) in [6, 6.07) is 10.3. The number of hydrazine groups is 1. The van der Waals surface area contributed by atoms with E-state index in [1.54, 1.807) is 59.8 Å². The lowest BCUT2D eigenvalue weighted by Crippen LogP contribution is -2.58. The summed E-state index contributed by atoms with van der Waals surface area (Å²) in [5.41, 5.74) is 8.16. The smallest absolute Gasteiger partial charge is 0.255 e. The Morgan fingerprint density at radius 1 is 1.10 bits per heavy atom. The maximum atomic E-state index is 14.2. The number of halogens is 2. The molecule has 9 nitrogen and oxygen atoms in total. The Balaban J connectivity index is 1.63. The van der Waals surface area contributed by atoms with Gasteiger partial charge in [0.15, 0.2) is 0 Å². The van der Waals surface area contributed by atoms with E-state index in [4.69, 9.17) is 23.2 Å². The third-order valence-corrected chi connectivity index (χ3v) is 8.52. The molecular weight excluding hydrogens is 561 g/mol. The summed E-state index contributed by atoms with van der Waals surface area (Å²) in [6.07, 6.45) is 8.12. The van der Waals surface area contributed by atoms with E-state index in [0.29, 0.717) is 39.6 Å². The van der Waals surface area contributed by atoms with Crippen molar-refractivity contribution in [1.82, 2.24) is 25.8 Å². The summed E-state index contributed by atoms with van der Waals surface area (Å²) < 4.78 is 26.0. The highest BCUT2D eigenvalue weighted by Crippen LogP contribution is 2.47. The molecule has 4 N–H and O–H groups in total. The molecular formula is C27H28Cl2N5O4S-. The van der Waals surface area contributed by atoms with Gasteiger partial charge in [-0.2, -0.15) is 0 Å². The number of fused-ring (bicyclic) bond motifs is 1. The highest BCUT2D eigenvalue weighted by Gasteiger charge is 2.49. The highest BCUT2D eigenvalue weighted by molar-refractivity contribution is 7.77. The molecule has 1 fully saturated rings. The first-order chi connectivity index (χ1) is 18.8. The zero-order valence-corrected chi connectivity index (χ0v) is 23.2. The normalized spacial score (nSPS) is 25.2. The topological polar surface area (TPSA) is 126 Å². The number of nitrogens with one attached hydrogen (secondary N) is 4. The molecule has 3 aliphatic rings. The zero-order chi connectivity index (χ0) is 27.5. The average Bonchev–Trinajstić information content (AvgIpc) is 2.93. The number of amides is 2. The molecule has 2 aromatic carbocycles. The van der Waals surface area contributed by atoms with Crippen LogP contribution in [0.25, 0.3) is 0 Å². The zero-order valence-electron chi connectivity index (χ0n) is 20.9. The Morgan fingerprint density at radius 3 is 2.64 bits per heavy atom. The third kappa shape index (κ3) is 5.85. The van der Waals surface area contributed by atoms with Gasteiger partial charge in [-0.1, -0.05) is 60.3 Å². The quantitative estimate of drug-likeness (QED) is 0.366. The summed E-state index contributed by atoms with van der Waals surface area (Å²) in [6.45, 7) is 0.264. The Kier molecular flexibility index (Phi) is 8.58. The molecule has 206 valence electrons. The van der Waals surface area contributed by atoms with Crippen molar-refractivity contribution in [2.75, 3.05) is 6.54 Å². The number of nitrogens with zero attached hydrogens (tertiary/aromatic N) is 1. The molecule has 2 amide bonds. The monoisotopic (exact) mass is 588 g/mol. The number of hydrogen-bond acceptors (Lipinski definition) is 6. The van der Waals surface area contributed by atoms with Gasteiger partial charge in [-0.15, -0.1) is 0 Å². The summed E-state index contributed by atoms with van der Waals surface area (Å²) in [4.78, 5) is 29.9. The van der Waals surface area contributed by atoms with E-state index in [-0.39, 0.29) is 18.4 Å². The first kappa shape index (κ1) is 27.7. The number of carbonyl (C=O) groups excluding carboxylic acids is 2. The van der Waals surface area contributed by atoms with Crippen LogP contribution < -0.4 is 20.9 Å². The van der Waals surface area contributed by atoms with Gasteiger partial charge in [0.25, 0.3) is 5.91 Å². The van der Waals surface area contributed by atoms with E-state index in [1.165, 1.54) is 0 Å². The van der Waals surface area contributed by atoms with E-state index in [0.717, 1.165) is 18.4 Å². The molecule has 2 heterocycles. The van der Waals surface area contributed by atoms with Crippen molar-refractivity contribution in [3.8, 4) is 0 Å². The van der Waals surface area contributed by atoms with E-state index in [1.807, 2.05) is 6.08 Å². The molecule has 2 aromatic rings. The molecule has 1 unspecified atom stereocenters. The molecule has 12 heteroatoms. The molecule has 5 atom stereocenters. The molecule has 0 spiro atoms. The van der Waals surface area contributed by atoms with E-state index < -0.39 is 35.3 Å². The minimum Gasteiger partial charge on any atom is -0.760 e. The second kappa shape index (κ2) is 12.1. The molecule has 39 heavy (non-hydrogen) atoms. The van der Waals surface area contributed by atoms with Crippen LogP contribution in [-0.4, -0.2) is 44.1 Å². The van der Waals surface area contributed by atoms with Gasteiger partial charge in [-0.05, 0) is 53.8 Å².